The highest BCUT2D eigenvalue weighted by Crippen LogP contribution is 2.34. The molecule has 2 aromatic carbocycles. The normalized spacial score (nSPS) is 10.4. The van der Waals surface area contributed by atoms with Gasteiger partial charge < -0.3 is 14.8 Å². The van der Waals surface area contributed by atoms with Crippen LogP contribution in [0.3, 0.4) is 0 Å². The van der Waals surface area contributed by atoms with Gasteiger partial charge in [-0.15, -0.1) is 0 Å². The Labute approximate surface area is 167 Å². The van der Waals surface area contributed by atoms with Crippen molar-refractivity contribution in [3.05, 3.63) is 70.0 Å². The van der Waals surface area contributed by atoms with E-state index >= 15 is 0 Å². The van der Waals surface area contributed by atoms with Crippen LogP contribution in [-0.2, 0) is 6.54 Å². The zero-order chi connectivity index (χ0) is 21.0. The summed E-state index contributed by atoms with van der Waals surface area (Å²) >= 11 is 0. The highest BCUT2D eigenvalue weighted by Gasteiger charge is 2.17. The van der Waals surface area contributed by atoms with Crippen molar-refractivity contribution >= 4 is 17.3 Å². The number of para-hydroxylation sites is 2. The van der Waals surface area contributed by atoms with Crippen LogP contribution in [0.4, 0.5) is 11.4 Å². The molecule has 9 nitrogen and oxygen atoms in total. The number of non-ortho nitro benzene ring substituents is 1. The molecule has 0 aliphatic carbocycles. The first-order valence-corrected chi connectivity index (χ1v) is 8.87. The van der Waals surface area contributed by atoms with Gasteiger partial charge in [-0.3, -0.25) is 19.6 Å². The molecule has 0 unspecified atom stereocenters. The number of amides is 1. The number of nitro groups is 1. The first kappa shape index (κ1) is 19.9. The van der Waals surface area contributed by atoms with Gasteiger partial charge in [-0.05, 0) is 26.0 Å². The van der Waals surface area contributed by atoms with Crippen LogP contribution in [0.2, 0.25) is 0 Å². The van der Waals surface area contributed by atoms with Crippen LogP contribution in [0.1, 0.15) is 23.0 Å². The van der Waals surface area contributed by atoms with Crippen LogP contribution in [0.5, 0.6) is 17.2 Å². The lowest BCUT2D eigenvalue weighted by molar-refractivity contribution is -0.384. The molecule has 0 saturated carbocycles. The molecule has 1 amide bonds. The summed E-state index contributed by atoms with van der Waals surface area (Å²) < 4.78 is 12.7. The molecule has 0 aliphatic rings. The van der Waals surface area contributed by atoms with Crippen molar-refractivity contribution in [2.45, 2.75) is 20.4 Å². The molecule has 1 aromatic heterocycles. The monoisotopic (exact) mass is 396 g/mol. The second-order valence-electron chi connectivity index (χ2n) is 6.14. The molecule has 0 spiro atoms. The molecule has 29 heavy (non-hydrogen) atoms. The van der Waals surface area contributed by atoms with Gasteiger partial charge in [0.25, 0.3) is 11.6 Å². The lowest BCUT2D eigenvalue weighted by Crippen LogP contribution is -2.13. The second-order valence-corrected chi connectivity index (χ2v) is 6.14. The van der Waals surface area contributed by atoms with Crippen molar-refractivity contribution in [3.63, 3.8) is 0 Å². The van der Waals surface area contributed by atoms with Gasteiger partial charge in [0.05, 0.1) is 35.5 Å². The van der Waals surface area contributed by atoms with Crippen LogP contribution in [0, 0.1) is 17.0 Å². The molecule has 3 aromatic rings. The zero-order valence-electron chi connectivity index (χ0n) is 16.2. The van der Waals surface area contributed by atoms with Crippen molar-refractivity contribution in [1.82, 2.24) is 9.78 Å². The predicted molar refractivity (Wildman–Crippen MR) is 107 cm³/mol. The summed E-state index contributed by atoms with van der Waals surface area (Å²) in [4.78, 5) is 23.4. The lowest BCUT2D eigenvalue weighted by Gasteiger charge is -2.12. The van der Waals surface area contributed by atoms with Crippen LogP contribution in [0.25, 0.3) is 0 Å². The van der Waals surface area contributed by atoms with Crippen molar-refractivity contribution in [1.29, 1.82) is 0 Å². The fourth-order valence-electron chi connectivity index (χ4n) is 2.84. The van der Waals surface area contributed by atoms with Gasteiger partial charge >= 0.3 is 0 Å². The number of carbonyl (C=O) groups excluding carboxylic acids is 1. The van der Waals surface area contributed by atoms with E-state index in [-0.39, 0.29) is 17.1 Å². The largest absolute Gasteiger partial charge is 0.493 e. The Kier molecular flexibility index (Phi) is 5.77. The SMILES string of the molecule is CCn1ncc(C(=O)Nc2cc(Oc3ccccc3OC)cc([N+](=O)[O-])c2)c1C. The molecule has 0 bridgehead atoms. The standard InChI is InChI=1S/C20H20N4O5/c1-4-23-13(2)17(12-21-23)20(25)22-14-9-15(24(26)27)11-16(10-14)29-19-8-6-5-7-18(19)28-3/h5-12H,4H2,1-3H3,(H,22,25). The van der Waals surface area contributed by atoms with Gasteiger partial charge in [0, 0.05) is 24.4 Å². The average molecular weight is 396 g/mol. The number of benzene rings is 2. The molecule has 1 N–H and O–H groups in total. The average Bonchev–Trinajstić information content (AvgIpc) is 3.08. The number of ether oxygens (including phenoxy) is 2. The number of methoxy groups -OCH3 is 1. The highest BCUT2D eigenvalue weighted by molar-refractivity contribution is 6.05. The van der Waals surface area contributed by atoms with E-state index in [1.54, 1.807) is 35.9 Å². The molecule has 3 rings (SSSR count). The molecule has 0 aliphatic heterocycles. The number of aryl methyl sites for hydroxylation is 1. The highest BCUT2D eigenvalue weighted by atomic mass is 16.6. The van der Waals surface area contributed by atoms with E-state index in [1.165, 1.54) is 31.5 Å². The Hall–Kier alpha value is -3.88. The van der Waals surface area contributed by atoms with Crippen LogP contribution in [-0.4, -0.2) is 27.7 Å². The van der Waals surface area contributed by atoms with Crippen LogP contribution >= 0.6 is 0 Å². The maximum absolute atomic E-state index is 12.6. The summed E-state index contributed by atoms with van der Waals surface area (Å²) in [7, 11) is 1.50. The fraction of sp³-hybridized carbons (Fsp3) is 0.200. The third-order valence-corrected chi connectivity index (χ3v) is 4.30. The van der Waals surface area contributed by atoms with Crippen LogP contribution in [0.15, 0.2) is 48.7 Å². The fourth-order valence-corrected chi connectivity index (χ4v) is 2.84. The summed E-state index contributed by atoms with van der Waals surface area (Å²) in [5, 5.41) is 18.2. The van der Waals surface area contributed by atoms with E-state index in [4.69, 9.17) is 9.47 Å². The maximum atomic E-state index is 12.6. The van der Waals surface area contributed by atoms with Gasteiger partial charge in [-0.25, -0.2) is 0 Å². The van der Waals surface area contributed by atoms with Gasteiger partial charge in [0.2, 0.25) is 0 Å². The van der Waals surface area contributed by atoms with Crippen molar-refractivity contribution < 1.29 is 19.2 Å². The molecule has 0 radical (unpaired) electrons. The quantitative estimate of drug-likeness (QED) is 0.474. The minimum atomic E-state index is -0.550. The van der Waals surface area contributed by atoms with Crippen LogP contribution < -0.4 is 14.8 Å². The molecule has 150 valence electrons. The Morgan fingerprint density at radius 3 is 2.59 bits per heavy atom. The maximum Gasteiger partial charge on any atom is 0.275 e. The number of nitrogens with one attached hydrogen (secondary N) is 1. The number of carbonyl (C=O) groups is 1. The summed E-state index contributed by atoms with van der Waals surface area (Å²) in [5.74, 6) is 0.658. The van der Waals surface area contributed by atoms with Gasteiger partial charge in [-0.2, -0.15) is 5.10 Å². The summed E-state index contributed by atoms with van der Waals surface area (Å²) in [6.45, 7) is 4.34. The Morgan fingerprint density at radius 2 is 1.97 bits per heavy atom. The van der Waals surface area contributed by atoms with Crippen molar-refractivity contribution in [2.24, 2.45) is 0 Å². The smallest absolute Gasteiger partial charge is 0.275 e. The van der Waals surface area contributed by atoms with E-state index in [1.807, 2.05) is 6.92 Å². The van der Waals surface area contributed by atoms with Crippen molar-refractivity contribution in [3.8, 4) is 17.2 Å². The summed E-state index contributed by atoms with van der Waals surface area (Å²) in [5.41, 5.74) is 1.12. The second kappa shape index (κ2) is 8.42. The molecule has 0 atom stereocenters. The van der Waals surface area contributed by atoms with E-state index < -0.39 is 10.8 Å². The Bertz CT molecular complexity index is 1060. The van der Waals surface area contributed by atoms with Crippen molar-refractivity contribution in [2.75, 3.05) is 12.4 Å². The molecule has 1 heterocycles. The molecule has 0 saturated heterocycles. The number of hydrogen-bond acceptors (Lipinski definition) is 6. The van der Waals surface area contributed by atoms with E-state index in [9.17, 15) is 14.9 Å². The summed E-state index contributed by atoms with van der Waals surface area (Å²) in [6, 6.07) is 11.0. The number of aromatic nitrogens is 2. The lowest BCUT2D eigenvalue weighted by atomic mass is 10.2. The minimum Gasteiger partial charge on any atom is -0.493 e. The molecule has 9 heteroatoms. The van der Waals surface area contributed by atoms with E-state index in [0.717, 1.165) is 0 Å². The third-order valence-electron chi connectivity index (χ3n) is 4.30. The zero-order valence-corrected chi connectivity index (χ0v) is 16.2. The first-order chi connectivity index (χ1) is 13.9. The van der Waals surface area contributed by atoms with Gasteiger partial charge in [0.1, 0.15) is 5.75 Å². The number of rotatable bonds is 7. The summed E-state index contributed by atoms with van der Waals surface area (Å²) in [6.07, 6.45) is 1.47. The minimum absolute atomic E-state index is 0.194. The predicted octanol–water partition coefficient (Wildman–Crippen LogP) is 4.17. The molecule has 0 fully saturated rings. The molecular formula is C20H20N4O5. The number of anilines is 1. The number of nitro benzene ring substituents is 1. The van der Waals surface area contributed by atoms with E-state index in [0.29, 0.717) is 29.3 Å². The number of hydrogen-bond donors (Lipinski definition) is 1. The van der Waals surface area contributed by atoms with E-state index in [2.05, 4.69) is 10.4 Å². The number of nitrogens with zero attached hydrogens (tertiary/aromatic N) is 3. The Morgan fingerprint density at radius 1 is 1.24 bits per heavy atom. The topological polar surface area (TPSA) is 109 Å². The Balaban J connectivity index is 1.91. The molecular weight excluding hydrogens is 376 g/mol. The first-order valence-electron chi connectivity index (χ1n) is 8.87. The third kappa shape index (κ3) is 4.34. The van der Waals surface area contributed by atoms with Gasteiger partial charge in [0.15, 0.2) is 11.5 Å². The van der Waals surface area contributed by atoms with Gasteiger partial charge in [-0.1, -0.05) is 12.1 Å².